The van der Waals surface area contributed by atoms with Crippen LogP contribution in [0.3, 0.4) is 0 Å². The Balaban J connectivity index is 1.79. The van der Waals surface area contributed by atoms with Crippen molar-refractivity contribution in [2.45, 2.75) is 32.2 Å². The molecule has 0 unspecified atom stereocenters. The molecule has 4 rings (SSSR count). The van der Waals surface area contributed by atoms with Crippen molar-refractivity contribution in [2.24, 2.45) is 11.7 Å². The van der Waals surface area contributed by atoms with Crippen molar-refractivity contribution in [3.63, 3.8) is 0 Å². The minimum Gasteiger partial charge on any atom is -0.466 e. The smallest absolute Gasteiger partial charge is 0.311 e. The van der Waals surface area contributed by atoms with Gasteiger partial charge in [-0.2, -0.15) is 5.26 Å². The van der Waals surface area contributed by atoms with Crippen molar-refractivity contribution in [3.8, 4) is 11.9 Å². The van der Waals surface area contributed by atoms with E-state index in [0.29, 0.717) is 31.9 Å². The largest absolute Gasteiger partial charge is 0.466 e. The predicted octanol–water partition coefficient (Wildman–Crippen LogP) is 2.13. The van der Waals surface area contributed by atoms with Gasteiger partial charge in [-0.15, -0.1) is 5.10 Å². The van der Waals surface area contributed by atoms with Gasteiger partial charge in [0.1, 0.15) is 11.6 Å². The number of hydrogen-bond donors (Lipinski definition) is 2. The molecule has 30 heavy (non-hydrogen) atoms. The average molecular weight is 407 g/mol. The zero-order chi connectivity index (χ0) is 21.3. The fourth-order valence-corrected chi connectivity index (χ4v) is 4.78. The number of aromatic amines is 1. The summed E-state index contributed by atoms with van der Waals surface area (Å²) in [6.45, 7) is 5.75. The number of piperidine rings is 1. The van der Waals surface area contributed by atoms with Gasteiger partial charge in [0, 0.05) is 24.3 Å². The summed E-state index contributed by atoms with van der Waals surface area (Å²) in [4.78, 5) is 15.4. The summed E-state index contributed by atoms with van der Waals surface area (Å²) in [7, 11) is 0. The fourth-order valence-electron chi connectivity index (χ4n) is 4.78. The van der Waals surface area contributed by atoms with E-state index >= 15 is 0 Å². The number of ether oxygens (including phenoxy) is 2. The van der Waals surface area contributed by atoms with Crippen molar-refractivity contribution in [1.29, 1.82) is 5.26 Å². The molecule has 2 atom stereocenters. The zero-order valence-electron chi connectivity index (χ0n) is 17.1. The van der Waals surface area contributed by atoms with Crippen molar-refractivity contribution in [1.82, 2.24) is 15.1 Å². The van der Waals surface area contributed by atoms with Crippen LogP contribution in [0.5, 0.6) is 5.88 Å². The number of allylic oxidation sites excluding steroid dienone is 1. The summed E-state index contributed by atoms with van der Waals surface area (Å²) < 4.78 is 11.1. The molecule has 0 radical (unpaired) electrons. The predicted molar refractivity (Wildman–Crippen MR) is 109 cm³/mol. The molecular formula is C22H25N5O3. The van der Waals surface area contributed by atoms with E-state index in [4.69, 9.17) is 15.2 Å². The molecule has 0 saturated carbocycles. The van der Waals surface area contributed by atoms with Crippen LogP contribution in [0.2, 0.25) is 0 Å². The molecule has 2 aromatic rings. The molecule has 1 spiro atoms. The van der Waals surface area contributed by atoms with Gasteiger partial charge >= 0.3 is 5.97 Å². The summed E-state index contributed by atoms with van der Waals surface area (Å²) in [6.07, 6.45) is 0.531. The van der Waals surface area contributed by atoms with Gasteiger partial charge in [-0.1, -0.05) is 30.3 Å². The molecule has 3 N–H and O–H groups in total. The number of nitriles is 1. The first-order valence-corrected chi connectivity index (χ1v) is 10.1. The van der Waals surface area contributed by atoms with Gasteiger partial charge in [0.15, 0.2) is 0 Å². The molecule has 8 nitrogen and oxygen atoms in total. The molecule has 1 aromatic carbocycles. The van der Waals surface area contributed by atoms with E-state index in [2.05, 4.69) is 33.3 Å². The summed E-state index contributed by atoms with van der Waals surface area (Å²) >= 11 is 0. The Labute approximate surface area is 175 Å². The third kappa shape index (κ3) is 3.12. The summed E-state index contributed by atoms with van der Waals surface area (Å²) in [6, 6.07) is 12.3. The van der Waals surface area contributed by atoms with Gasteiger partial charge in [0.2, 0.25) is 11.8 Å². The maximum Gasteiger partial charge on any atom is 0.311 e. The van der Waals surface area contributed by atoms with Gasteiger partial charge in [0.25, 0.3) is 0 Å². The van der Waals surface area contributed by atoms with Crippen LogP contribution in [0.1, 0.15) is 30.2 Å². The molecule has 1 fully saturated rings. The molecule has 3 heterocycles. The van der Waals surface area contributed by atoms with Gasteiger partial charge in [-0.05, 0) is 32.4 Å². The number of aryl methyl sites for hydroxylation is 1. The number of carbonyl (C=O) groups is 1. The minimum absolute atomic E-state index is 0.00214. The molecule has 0 amide bonds. The van der Waals surface area contributed by atoms with E-state index in [-0.39, 0.29) is 24.0 Å². The normalized spacial score (nSPS) is 23.6. The lowest BCUT2D eigenvalue weighted by molar-refractivity contribution is -0.153. The van der Waals surface area contributed by atoms with Crippen molar-refractivity contribution in [2.75, 3.05) is 19.7 Å². The van der Waals surface area contributed by atoms with Crippen molar-refractivity contribution < 1.29 is 14.3 Å². The second kappa shape index (κ2) is 7.84. The second-order valence-electron chi connectivity index (χ2n) is 7.73. The number of nitrogens with one attached hydrogen (secondary N) is 1. The van der Waals surface area contributed by atoms with Gasteiger partial charge < -0.3 is 15.2 Å². The fraction of sp³-hybridized carbons (Fsp3) is 0.409. The molecule has 1 aromatic heterocycles. The number of rotatable bonds is 4. The van der Waals surface area contributed by atoms with Gasteiger partial charge in [0.05, 0.1) is 17.9 Å². The lowest BCUT2D eigenvalue weighted by atomic mass is 9.61. The number of carbonyl (C=O) groups excluding carboxylic acids is 1. The first kappa shape index (κ1) is 20.0. The Kier molecular flexibility index (Phi) is 5.22. The molecule has 156 valence electrons. The molecule has 0 aliphatic carbocycles. The Hall–Kier alpha value is -3.31. The molecule has 2 aliphatic heterocycles. The number of hydrogen-bond acceptors (Lipinski definition) is 7. The Morgan fingerprint density at radius 3 is 2.93 bits per heavy atom. The molecule has 8 heteroatoms. The number of esters is 1. The van der Waals surface area contributed by atoms with Crippen LogP contribution in [0, 0.1) is 24.2 Å². The van der Waals surface area contributed by atoms with Gasteiger partial charge in [-0.3, -0.25) is 14.8 Å². The number of fused-ring (bicyclic) bond motifs is 2. The standard InChI is InChI=1S/C22H25N5O3/c1-3-29-21(28)17-13-27(12-15-7-5-4-6-8-15)10-9-22(17)16(11-23)19(24)30-20-18(22)14(2)25-26-20/h4-8,17H,3,9-10,12-13,24H2,1-2H3,(H,25,26)/t17-,22-/m0/s1. The Morgan fingerprint density at radius 2 is 2.23 bits per heavy atom. The zero-order valence-corrected chi connectivity index (χ0v) is 17.1. The number of aromatic nitrogens is 2. The van der Waals surface area contributed by atoms with Crippen molar-refractivity contribution >= 4 is 5.97 Å². The number of benzene rings is 1. The van der Waals surface area contributed by atoms with E-state index in [1.54, 1.807) is 6.92 Å². The van der Waals surface area contributed by atoms with Crippen LogP contribution in [-0.4, -0.2) is 40.8 Å². The number of nitrogens with zero attached hydrogens (tertiary/aromatic N) is 3. The lowest BCUT2D eigenvalue weighted by Gasteiger charge is -2.47. The van der Waals surface area contributed by atoms with E-state index < -0.39 is 11.3 Å². The third-order valence-electron chi connectivity index (χ3n) is 6.05. The van der Waals surface area contributed by atoms with Crippen LogP contribution in [0.15, 0.2) is 41.8 Å². The highest BCUT2D eigenvalue weighted by Gasteiger charge is 2.57. The maximum atomic E-state index is 13.2. The Bertz CT molecular complexity index is 1020. The Morgan fingerprint density at radius 1 is 1.47 bits per heavy atom. The molecule has 2 aliphatic rings. The number of nitrogens with two attached hydrogens (primary N) is 1. The highest BCUT2D eigenvalue weighted by atomic mass is 16.5. The SMILES string of the molecule is CCOC(=O)[C@@H]1CN(Cc2ccccc2)CC[C@]12C(C#N)=C(N)Oc1n[nH]c(C)c12. The van der Waals surface area contributed by atoms with E-state index in [1.807, 2.05) is 25.1 Å². The van der Waals surface area contributed by atoms with Crippen LogP contribution >= 0.6 is 0 Å². The third-order valence-corrected chi connectivity index (χ3v) is 6.05. The number of likely N-dealkylation sites (tertiary alicyclic amines) is 1. The summed E-state index contributed by atoms with van der Waals surface area (Å²) in [5.74, 6) is -0.622. The van der Waals surface area contributed by atoms with Crippen LogP contribution < -0.4 is 10.5 Å². The quantitative estimate of drug-likeness (QED) is 0.746. The van der Waals surface area contributed by atoms with E-state index in [1.165, 1.54) is 5.56 Å². The number of H-pyrrole nitrogens is 1. The first-order chi connectivity index (χ1) is 14.5. The summed E-state index contributed by atoms with van der Waals surface area (Å²) in [5, 5.41) is 17.1. The average Bonchev–Trinajstić information content (AvgIpc) is 3.11. The van der Waals surface area contributed by atoms with E-state index in [9.17, 15) is 10.1 Å². The van der Waals surface area contributed by atoms with Crippen molar-refractivity contribution in [3.05, 3.63) is 58.6 Å². The highest BCUT2D eigenvalue weighted by molar-refractivity contribution is 5.78. The summed E-state index contributed by atoms with van der Waals surface area (Å²) in [5.41, 5.74) is 8.13. The minimum atomic E-state index is -0.928. The first-order valence-electron chi connectivity index (χ1n) is 10.1. The van der Waals surface area contributed by atoms with Gasteiger partial charge in [-0.25, -0.2) is 0 Å². The monoisotopic (exact) mass is 407 g/mol. The highest BCUT2D eigenvalue weighted by Crippen LogP contribution is 2.52. The lowest BCUT2D eigenvalue weighted by Crippen LogP contribution is -2.55. The molecule has 0 bridgehead atoms. The topological polar surface area (TPSA) is 117 Å². The molecule has 1 saturated heterocycles. The van der Waals surface area contributed by atoms with Crippen LogP contribution in [0.4, 0.5) is 0 Å². The molecular weight excluding hydrogens is 382 g/mol. The maximum absolute atomic E-state index is 13.2. The van der Waals surface area contributed by atoms with Crippen LogP contribution in [-0.2, 0) is 21.5 Å². The van der Waals surface area contributed by atoms with E-state index in [0.717, 1.165) is 11.3 Å². The second-order valence-corrected chi connectivity index (χ2v) is 7.73. The van der Waals surface area contributed by atoms with Crippen LogP contribution in [0.25, 0.3) is 0 Å².